The molecule has 3 aromatic carbocycles. The van der Waals surface area contributed by atoms with Crippen LogP contribution in [0.4, 0.5) is 5.69 Å². The molecule has 3 heteroatoms. The first-order valence-electron chi connectivity index (χ1n) is 7.81. The summed E-state index contributed by atoms with van der Waals surface area (Å²) in [6.45, 7) is 0. The van der Waals surface area contributed by atoms with Gasteiger partial charge in [0.2, 0.25) is 0 Å². The van der Waals surface area contributed by atoms with Crippen molar-refractivity contribution in [2.75, 3.05) is 0 Å². The maximum atomic E-state index is 10.7. The Morgan fingerprint density at radius 1 is 0.800 bits per heavy atom. The maximum absolute atomic E-state index is 10.7. The van der Waals surface area contributed by atoms with Gasteiger partial charge >= 0.3 is 0 Å². The average Bonchev–Trinajstić information content (AvgIpc) is 2.67. The van der Waals surface area contributed by atoms with E-state index in [9.17, 15) is 10.1 Å². The van der Waals surface area contributed by atoms with E-state index in [1.165, 1.54) is 12.1 Å². The highest BCUT2D eigenvalue weighted by atomic mass is 16.6. The number of rotatable bonds is 3. The molecular weight excluding hydrogens is 310 g/mol. The summed E-state index contributed by atoms with van der Waals surface area (Å²) in [6, 6.07) is 26.4. The maximum Gasteiger partial charge on any atom is 0.269 e. The third-order valence-electron chi connectivity index (χ3n) is 3.68. The lowest BCUT2D eigenvalue weighted by atomic mass is 9.98. The molecule has 0 N–H and O–H groups in total. The van der Waals surface area contributed by atoms with Gasteiger partial charge in [-0.05, 0) is 34.9 Å². The zero-order valence-corrected chi connectivity index (χ0v) is 13.4. The molecule has 0 aliphatic heterocycles. The lowest BCUT2D eigenvalue weighted by molar-refractivity contribution is -0.384. The molecule has 3 nitrogen and oxygen atoms in total. The van der Waals surface area contributed by atoms with E-state index >= 15 is 0 Å². The average molecular weight is 325 g/mol. The van der Waals surface area contributed by atoms with Crippen LogP contribution in [-0.2, 0) is 0 Å². The van der Waals surface area contributed by atoms with E-state index < -0.39 is 4.92 Å². The minimum Gasteiger partial charge on any atom is -0.258 e. The minimum absolute atomic E-state index is 0.0651. The highest BCUT2D eigenvalue weighted by molar-refractivity contribution is 5.81. The van der Waals surface area contributed by atoms with Crippen LogP contribution in [0, 0.1) is 22.0 Å². The molecule has 0 aliphatic rings. The number of allylic oxidation sites excluding steroid dienone is 1. The molecule has 0 radical (unpaired) electrons. The molecular formula is C22H15NO2. The topological polar surface area (TPSA) is 43.1 Å². The Labute approximate surface area is 146 Å². The number of hydrogen-bond acceptors (Lipinski definition) is 2. The van der Waals surface area contributed by atoms with Gasteiger partial charge in [0.1, 0.15) is 0 Å². The van der Waals surface area contributed by atoms with E-state index in [0.717, 1.165) is 22.3 Å². The van der Waals surface area contributed by atoms with Gasteiger partial charge in [0.25, 0.3) is 5.69 Å². The highest BCUT2D eigenvalue weighted by Gasteiger charge is 2.04. The van der Waals surface area contributed by atoms with Gasteiger partial charge in [-0.2, -0.15) is 0 Å². The Bertz CT molecular complexity index is 906. The smallest absolute Gasteiger partial charge is 0.258 e. The van der Waals surface area contributed by atoms with Crippen LogP contribution in [0.25, 0.3) is 5.57 Å². The van der Waals surface area contributed by atoms with E-state index in [4.69, 9.17) is 0 Å². The van der Waals surface area contributed by atoms with E-state index in [1.54, 1.807) is 12.1 Å². The van der Waals surface area contributed by atoms with Gasteiger partial charge in [0, 0.05) is 17.7 Å². The largest absolute Gasteiger partial charge is 0.269 e. The van der Waals surface area contributed by atoms with Crippen LogP contribution in [0.3, 0.4) is 0 Å². The third-order valence-corrected chi connectivity index (χ3v) is 3.68. The highest BCUT2D eigenvalue weighted by Crippen LogP contribution is 2.22. The fourth-order valence-corrected chi connectivity index (χ4v) is 2.43. The van der Waals surface area contributed by atoms with Crippen molar-refractivity contribution in [2.45, 2.75) is 0 Å². The first-order valence-corrected chi connectivity index (χ1v) is 7.81. The Kier molecular flexibility index (Phi) is 5.04. The molecule has 0 aliphatic carbocycles. The standard InChI is InChI=1S/C22H15NO2/c24-23(25)21-16-14-18(15-17-21)8-7-13-22(19-9-3-1-4-10-19)20-11-5-2-6-12-20/h1-6,9-17H. The van der Waals surface area contributed by atoms with Crippen LogP contribution in [0.1, 0.15) is 16.7 Å². The normalized spacial score (nSPS) is 9.60. The molecule has 0 amide bonds. The molecule has 0 unspecified atom stereocenters. The fraction of sp³-hybridized carbons (Fsp3) is 0. The Morgan fingerprint density at radius 2 is 1.32 bits per heavy atom. The number of non-ortho nitro benzene ring substituents is 1. The van der Waals surface area contributed by atoms with Crippen molar-refractivity contribution >= 4 is 11.3 Å². The van der Waals surface area contributed by atoms with Gasteiger partial charge in [0.05, 0.1) is 4.92 Å². The van der Waals surface area contributed by atoms with Crippen molar-refractivity contribution < 1.29 is 4.92 Å². The summed E-state index contributed by atoms with van der Waals surface area (Å²) in [4.78, 5) is 10.3. The minimum atomic E-state index is -0.417. The van der Waals surface area contributed by atoms with Gasteiger partial charge in [0.15, 0.2) is 0 Å². The van der Waals surface area contributed by atoms with Crippen molar-refractivity contribution in [1.29, 1.82) is 0 Å². The van der Waals surface area contributed by atoms with Crippen LogP contribution in [0.15, 0.2) is 91.0 Å². The van der Waals surface area contributed by atoms with Crippen LogP contribution in [-0.4, -0.2) is 4.92 Å². The second-order valence-corrected chi connectivity index (χ2v) is 5.36. The molecule has 0 spiro atoms. The second kappa shape index (κ2) is 7.76. The molecule has 0 aromatic heterocycles. The molecule has 0 atom stereocenters. The molecule has 0 heterocycles. The quantitative estimate of drug-likeness (QED) is 0.383. The fourth-order valence-electron chi connectivity index (χ4n) is 2.43. The van der Waals surface area contributed by atoms with Gasteiger partial charge in [-0.1, -0.05) is 72.5 Å². The van der Waals surface area contributed by atoms with Crippen LogP contribution in [0.5, 0.6) is 0 Å². The first-order chi connectivity index (χ1) is 12.2. The summed E-state index contributed by atoms with van der Waals surface area (Å²) >= 11 is 0. The Hall–Kier alpha value is -3.64. The number of benzene rings is 3. The summed E-state index contributed by atoms with van der Waals surface area (Å²) in [6.07, 6.45) is 1.88. The number of nitro groups is 1. The summed E-state index contributed by atoms with van der Waals surface area (Å²) < 4.78 is 0. The van der Waals surface area contributed by atoms with Gasteiger partial charge in [-0.15, -0.1) is 0 Å². The van der Waals surface area contributed by atoms with Crippen LogP contribution < -0.4 is 0 Å². The summed E-state index contributed by atoms with van der Waals surface area (Å²) in [5, 5.41) is 10.7. The van der Waals surface area contributed by atoms with Gasteiger partial charge in [-0.25, -0.2) is 0 Å². The molecule has 0 saturated carbocycles. The Balaban J connectivity index is 1.94. The molecule has 3 rings (SSSR count). The summed E-state index contributed by atoms with van der Waals surface area (Å²) in [5.74, 6) is 6.10. The predicted octanol–water partition coefficient (Wildman–Crippen LogP) is 5.08. The molecule has 0 fully saturated rings. The van der Waals surface area contributed by atoms with Gasteiger partial charge in [-0.3, -0.25) is 10.1 Å². The zero-order valence-electron chi connectivity index (χ0n) is 13.4. The molecule has 3 aromatic rings. The second-order valence-electron chi connectivity index (χ2n) is 5.36. The number of hydrogen-bond donors (Lipinski definition) is 0. The Morgan fingerprint density at radius 3 is 1.80 bits per heavy atom. The summed E-state index contributed by atoms with van der Waals surface area (Å²) in [5.41, 5.74) is 4.02. The van der Waals surface area contributed by atoms with Crippen molar-refractivity contribution in [3.8, 4) is 11.8 Å². The predicted molar refractivity (Wildman–Crippen MR) is 99.9 cm³/mol. The van der Waals surface area contributed by atoms with E-state index in [-0.39, 0.29) is 5.69 Å². The molecule has 120 valence electrons. The van der Waals surface area contributed by atoms with E-state index in [0.29, 0.717) is 0 Å². The molecule has 0 saturated heterocycles. The van der Waals surface area contributed by atoms with Gasteiger partial charge < -0.3 is 0 Å². The molecule has 0 bridgehead atoms. The SMILES string of the molecule is O=[N+]([O-])c1ccc(C#CC=C(c2ccccc2)c2ccccc2)cc1. The zero-order chi connectivity index (χ0) is 17.5. The van der Waals surface area contributed by atoms with Crippen LogP contribution in [0.2, 0.25) is 0 Å². The lowest BCUT2D eigenvalue weighted by Crippen LogP contribution is -1.87. The number of nitro benzene ring substituents is 1. The van der Waals surface area contributed by atoms with Crippen molar-refractivity contribution in [3.05, 3.63) is 118 Å². The van der Waals surface area contributed by atoms with Crippen molar-refractivity contribution in [3.63, 3.8) is 0 Å². The summed E-state index contributed by atoms with van der Waals surface area (Å²) in [7, 11) is 0. The van der Waals surface area contributed by atoms with Crippen molar-refractivity contribution in [1.82, 2.24) is 0 Å². The molecule has 25 heavy (non-hydrogen) atoms. The van der Waals surface area contributed by atoms with E-state index in [1.807, 2.05) is 66.7 Å². The first kappa shape index (κ1) is 16.2. The number of nitrogens with zero attached hydrogens (tertiary/aromatic N) is 1. The van der Waals surface area contributed by atoms with Crippen molar-refractivity contribution in [2.24, 2.45) is 0 Å². The lowest BCUT2D eigenvalue weighted by Gasteiger charge is -2.06. The third kappa shape index (κ3) is 4.21. The van der Waals surface area contributed by atoms with E-state index in [2.05, 4.69) is 11.8 Å². The van der Waals surface area contributed by atoms with Crippen LogP contribution >= 0.6 is 0 Å². The monoisotopic (exact) mass is 325 g/mol.